The fraction of sp³-hybridized carbons (Fsp3) is 0.533. The molecule has 0 aliphatic carbocycles. The lowest BCUT2D eigenvalue weighted by Gasteiger charge is -2.33. The fourth-order valence-electron chi connectivity index (χ4n) is 2.95. The van der Waals surface area contributed by atoms with Gasteiger partial charge >= 0.3 is 0 Å². The zero-order chi connectivity index (χ0) is 14.4. The number of rotatable bonds is 5. The molecule has 5 nitrogen and oxygen atoms in total. The second-order valence-corrected chi connectivity index (χ2v) is 5.43. The molecule has 0 spiro atoms. The summed E-state index contributed by atoms with van der Waals surface area (Å²) >= 11 is 0. The highest BCUT2D eigenvalue weighted by atomic mass is 16.2. The van der Waals surface area contributed by atoms with Crippen LogP contribution in [0.1, 0.15) is 28.8 Å². The van der Waals surface area contributed by atoms with Gasteiger partial charge < -0.3 is 5.32 Å². The second-order valence-electron chi connectivity index (χ2n) is 5.43. The summed E-state index contributed by atoms with van der Waals surface area (Å²) in [6, 6.07) is 7.67. The number of hydrogen-bond donors (Lipinski definition) is 3. The van der Waals surface area contributed by atoms with Gasteiger partial charge in [0.15, 0.2) is 0 Å². The summed E-state index contributed by atoms with van der Waals surface area (Å²) in [6.45, 7) is 4.05. The molecule has 1 unspecified atom stereocenters. The van der Waals surface area contributed by atoms with Crippen molar-refractivity contribution in [2.24, 2.45) is 11.8 Å². The van der Waals surface area contributed by atoms with Gasteiger partial charge in [-0.25, -0.2) is 5.84 Å². The number of nitrogen functional groups attached to an aromatic ring is 1. The number of nitrogens with zero attached hydrogens (tertiary/aromatic N) is 1. The lowest BCUT2D eigenvalue weighted by atomic mass is 9.97. The van der Waals surface area contributed by atoms with Crippen LogP contribution in [-0.4, -0.2) is 37.5 Å². The van der Waals surface area contributed by atoms with E-state index in [9.17, 15) is 4.79 Å². The van der Waals surface area contributed by atoms with Crippen LogP contribution >= 0.6 is 0 Å². The molecular formula is C15H24N4O. The van der Waals surface area contributed by atoms with Crippen molar-refractivity contribution in [3.63, 3.8) is 0 Å². The normalized spacial score (nSPS) is 19.8. The molecule has 5 heteroatoms. The van der Waals surface area contributed by atoms with Crippen LogP contribution in [0.4, 0.5) is 0 Å². The quantitative estimate of drug-likeness (QED) is 0.421. The average Bonchev–Trinajstić information content (AvgIpc) is 2.48. The Kier molecular flexibility index (Phi) is 5.52. The Morgan fingerprint density at radius 3 is 3.00 bits per heavy atom. The number of carbonyl (C=O) groups excluding carboxylic acids is 1. The summed E-state index contributed by atoms with van der Waals surface area (Å²) in [5, 5.41) is 3.25. The molecule has 1 aromatic rings. The molecular weight excluding hydrogens is 252 g/mol. The fourth-order valence-corrected chi connectivity index (χ4v) is 2.95. The van der Waals surface area contributed by atoms with E-state index in [1.807, 2.05) is 31.3 Å². The Hall–Kier alpha value is -1.43. The molecule has 0 bridgehead atoms. The van der Waals surface area contributed by atoms with E-state index in [0.717, 1.165) is 31.7 Å². The van der Waals surface area contributed by atoms with E-state index < -0.39 is 0 Å². The second kappa shape index (κ2) is 7.38. The van der Waals surface area contributed by atoms with Gasteiger partial charge in [0.05, 0.1) is 0 Å². The minimum absolute atomic E-state index is 0.218. The molecule has 0 radical (unpaired) electrons. The predicted octanol–water partition coefficient (Wildman–Crippen LogP) is 0.722. The number of hydrogen-bond acceptors (Lipinski definition) is 4. The van der Waals surface area contributed by atoms with Crippen molar-refractivity contribution in [2.75, 3.05) is 26.7 Å². The van der Waals surface area contributed by atoms with Crippen molar-refractivity contribution >= 4 is 5.91 Å². The summed E-state index contributed by atoms with van der Waals surface area (Å²) in [7, 11) is 2.00. The highest BCUT2D eigenvalue weighted by molar-refractivity contribution is 5.95. The standard InChI is InChI=1S/C15H24N4O/c1-17-9-12-5-4-8-19(10-12)11-13-6-2-3-7-14(13)15(20)18-16/h2-3,6-7,12,17H,4-5,8-11,16H2,1H3,(H,18,20). The number of piperidine rings is 1. The smallest absolute Gasteiger partial charge is 0.265 e. The lowest BCUT2D eigenvalue weighted by molar-refractivity contribution is 0.0950. The van der Waals surface area contributed by atoms with Gasteiger partial charge in [-0.1, -0.05) is 18.2 Å². The maximum atomic E-state index is 11.8. The van der Waals surface area contributed by atoms with E-state index in [4.69, 9.17) is 5.84 Å². The minimum Gasteiger partial charge on any atom is -0.319 e. The maximum absolute atomic E-state index is 11.8. The van der Waals surface area contributed by atoms with Gasteiger partial charge in [0.2, 0.25) is 0 Å². The molecule has 2 rings (SSSR count). The summed E-state index contributed by atoms with van der Waals surface area (Å²) in [4.78, 5) is 14.2. The van der Waals surface area contributed by atoms with Gasteiger partial charge in [-0.05, 0) is 50.5 Å². The zero-order valence-electron chi connectivity index (χ0n) is 12.1. The molecule has 0 saturated carbocycles. The Balaban J connectivity index is 2.04. The van der Waals surface area contributed by atoms with Crippen molar-refractivity contribution in [3.05, 3.63) is 35.4 Å². The molecule has 1 aliphatic rings. The van der Waals surface area contributed by atoms with Gasteiger partial charge in [-0.2, -0.15) is 0 Å². The number of carbonyl (C=O) groups is 1. The van der Waals surface area contributed by atoms with Crippen molar-refractivity contribution in [1.29, 1.82) is 0 Å². The summed E-state index contributed by atoms with van der Waals surface area (Å²) < 4.78 is 0. The lowest BCUT2D eigenvalue weighted by Crippen LogP contribution is -2.39. The molecule has 1 atom stereocenters. The minimum atomic E-state index is -0.218. The van der Waals surface area contributed by atoms with Gasteiger partial charge in [0.25, 0.3) is 5.91 Å². The van der Waals surface area contributed by atoms with Crippen LogP contribution < -0.4 is 16.6 Å². The molecule has 20 heavy (non-hydrogen) atoms. The number of benzene rings is 1. The van der Waals surface area contributed by atoms with Crippen LogP contribution in [0.5, 0.6) is 0 Å². The number of amides is 1. The molecule has 1 aromatic carbocycles. The van der Waals surface area contributed by atoms with Crippen LogP contribution in [0, 0.1) is 5.92 Å². The van der Waals surface area contributed by atoms with Crippen LogP contribution in [0.3, 0.4) is 0 Å². The number of hydrazine groups is 1. The molecule has 1 amide bonds. The van der Waals surface area contributed by atoms with E-state index in [1.165, 1.54) is 12.8 Å². The Bertz CT molecular complexity index is 447. The number of likely N-dealkylation sites (tertiary alicyclic amines) is 1. The first kappa shape index (κ1) is 15.0. The highest BCUT2D eigenvalue weighted by Crippen LogP contribution is 2.19. The van der Waals surface area contributed by atoms with Crippen LogP contribution in [0.15, 0.2) is 24.3 Å². The van der Waals surface area contributed by atoms with Crippen molar-refractivity contribution in [1.82, 2.24) is 15.6 Å². The maximum Gasteiger partial charge on any atom is 0.265 e. The Labute approximate surface area is 120 Å². The Morgan fingerprint density at radius 1 is 1.45 bits per heavy atom. The summed E-state index contributed by atoms with van der Waals surface area (Å²) in [5.41, 5.74) is 3.93. The van der Waals surface area contributed by atoms with Crippen LogP contribution in [-0.2, 0) is 6.54 Å². The number of nitrogens with one attached hydrogen (secondary N) is 2. The van der Waals surface area contributed by atoms with Gasteiger partial charge in [0.1, 0.15) is 0 Å². The van der Waals surface area contributed by atoms with Crippen molar-refractivity contribution < 1.29 is 4.79 Å². The summed E-state index contributed by atoms with van der Waals surface area (Å²) in [5.74, 6) is 5.73. The van der Waals surface area contributed by atoms with Gasteiger partial charge in [0, 0.05) is 18.7 Å². The Morgan fingerprint density at radius 2 is 2.25 bits per heavy atom. The van der Waals surface area contributed by atoms with Crippen LogP contribution in [0.25, 0.3) is 0 Å². The van der Waals surface area contributed by atoms with E-state index in [1.54, 1.807) is 0 Å². The number of nitrogens with two attached hydrogens (primary N) is 1. The molecule has 1 saturated heterocycles. The monoisotopic (exact) mass is 276 g/mol. The third-order valence-electron chi connectivity index (χ3n) is 3.88. The molecule has 1 heterocycles. The van der Waals surface area contributed by atoms with E-state index in [-0.39, 0.29) is 5.91 Å². The van der Waals surface area contributed by atoms with E-state index >= 15 is 0 Å². The molecule has 1 fully saturated rings. The largest absolute Gasteiger partial charge is 0.319 e. The predicted molar refractivity (Wildman–Crippen MR) is 80.0 cm³/mol. The first-order valence-electron chi connectivity index (χ1n) is 7.20. The van der Waals surface area contributed by atoms with Gasteiger partial charge in [-0.3, -0.25) is 15.1 Å². The average molecular weight is 276 g/mol. The third-order valence-corrected chi connectivity index (χ3v) is 3.88. The SMILES string of the molecule is CNCC1CCCN(Cc2ccccc2C(=O)NN)C1. The first-order chi connectivity index (χ1) is 9.74. The third kappa shape index (κ3) is 3.79. The van der Waals surface area contributed by atoms with Crippen molar-refractivity contribution in [2.45, 2.75) is 19.4 Å². The first-order valence-corrected chi connectivity index (χ1v) is 7.20. The van der Waals surface area contributed by atoms with E-state index in [2.05, 4.69) is 15.6 Å². The topological polar surface area (TPSA) is 70.4 Å². The summed E-state index contributed by atoms with van der Waals surface area (Å²) in [6.07, 6.45) is 2.50. The van der Waals surface area contributed by atoms with Gasteiger partial charge in [-0.15, -0.1) is 0 Å². The molecule has 110 valence electrons. The molecule has 0 aromatic heterocycles. The molecule has 4 N–H and O–H groups in total. The van der Waals surface area contributed by atoms with Crippen molar-refractivity contribution in [3.8, 4) is 0 Å². The zero-order valence-corrected chi connectivity index (χ0v) is 12.1. The molecule has 1 aliphatic heterocycles. The van der Waals surface area contributed by atoms with E-state index in [0.29, 0.717) is 11.5 Å². The highest BCUT2D eigenvalue weighted by Gasteiger charge is 2.20. The van der Waals surface area contributed by atoms with Crippen LogP contribution in [0.2, 0.25) is 0 Å².